The van der Waals surface area contributed by atoms with Crippen molar-refractivity contribution < 1.29 is 19.1 Å². The molecule has 1 unspecified atom stereocenters. The van der Waals surface area contributed by atoms with Gasteiger partial charge in [-0.05, 0) is 25.8 Å². The first-order valence-corrected chi connectivity index (χ1v) is 6.04. The molecule has 1 rings (SSSR count). The first-order valence-electron chi connectivity index (χ1n) is 6.04. The Kier molecular flexibility index (Phi) is 6.15. The molecule has 1 fully saturated rings. The van der Waals surface area contributed by atoms with Gasteiger partial charge in [0.15, 0.2) is 5.78 Å². The molecule has 0 amide bonds. The van der Waals surface area contributed by atoms with Crippen molar-refractivity contribution in [2.75, 3.05) is 40.0 Å². The van der Waals surface area contributed by atoms with Gasteiger partial charge in [-0.15, -0.1) is 0 Å². The topological polar surface area (TPSA) is 55.8 Å². The number of ketones is 1. The minimum atomic E-state index is -0.426. The quantitative estimate of drug-likeness (QED) is 0.481. The van der Waals surface area contributed by atoms with Crippen LogP contribution in [0.2, 0.25) is 0 Å². The highest BCUT2D eigenvalue weighted by Crippen LogP contribution is 2.16. The molecule has 0 spiro atoms. The number of nitrogens with zero attached hydrogens (tertiary/aromatic N) is 1. The summed E-state index contributed by atoms with van der Waals surface area (Å²) in [6, 6.07) is 0. The molecule has 1 atom stereocenters. The van der Waals surface area contributed by atoms with Crippen LogP contribution in [0.3, 0.4) is 0 Å². The Labute approximate surface area is 102 Å². The number of ether oxygens (including phenoxy) is 2. The maximum Gasteiger partial charge on any atom is 0.313 e. The zero-order chi connectivity index (χ0) is 12.7. The van der Waals surface area contributed by atoms with Crippen LogP contribution in [0, 0.1) is 5.92 Å². The van der Waals surface area contributed by atoms with Gasteiger partial charge >= 0.3 is 5.97 Å². The molecule has 0 aromatic heterocycles. The summed E-state index contributed by atoms with van der Waals surface area (Å²) in [7, 11) is 1.69. The first-order chi connectivity index (χ1) is 8.15. The van der Waals surface area contributed by atoms with Crippen LogP contribution in [0.1, 0.15) is 19.8 Å². The highest BCUT2D eigenvalue weighted by Gasteiger charge is 2.24. The summed E-state index contributed by atoms with van der Waals surface area (Å²) in [5.74, 6) is 0.0158. The fourth-order valence-corrected chi connectivity index (χ4v) is 2.11. The van der Waals surface area contributed by atoms with E-state index < -0.39 is 5.97 Å². The molecule has 5 heteroatoms. The zero-order valence-electron chi connectivity index (χ0n) is 10.6. The number of esters is 1. The fourth-order valence-electron chi connectivity index (χ4n) is 2.11. The van der Waals surface area contributed by atoms with Crippen molar-refractivity contribution in [3.8, 4) is 0 Å². The van der Waals surface area contributed by atoms with E-state index in [2.05, 4.69) is 4.90 Å². The predicted octanol–water partition coefficient (Wildman–Crippen LogP) is 0.477. The van der Waals surface area contributed by atoms with E-state index in [1.807, 2.05) is 0 Å². The molecule has 1 aliphatic heterocycles. The van der Waals surface area contributed by atoms with Crippen molar-refractivity contribution in [1.29, 1.82) is 0 Å². The van der Waals surface area contributed by atoms with Crippen LogP contribution in [0.4, 0.5) is 0 Å². The lowest BCUT2D eigenvalue weighted by molar-refractivity contribution is -0.145. The third-order valence-corrected chi connectivity index (χ3v) is 2.82. The number of rotatable bonds is 7. The Balaban J connectivity index is 2.21. The molecule has 0 radical (unpaired) electrons. The van der Waals surface area contributed by atoms with Crippen molar-refractivity contribution in [2.24, 2.45) is 5.92 Å². The van der Waals surface area contributed by atoms with Crippen molar-refractivity contribution in [2.45, 2.75) is 19.8 Å². The van der Waals surface area contributed by atoms with Gasteiger partial charge in [0, 0.05) is 13.7 Å². The summed E-state index contributed by atoms with van der Waals surface area (Å²) < 4.78 is 9.83. The number of Topliss-reactive ketones (excluding diaryl/α,β-unsaturated/α-hetero) is 1. The second kappa shape index (κ2) is 7.40. The van der Waals surface area contributed by atoms with Crippen LogP contribution in [-0.4, -0.2) is 56.6 Å². The molecule has 1 heterocycles. The third kappa shape index (κ3) is 5.28. The van der Waals surface area contributed by atoms with Crippen molar-refractivity contribution in [1.82, 2.24) is 4.90 Å². The van der Waals surface area contributed by atoms with E-state index in [4.69, 9.17) is 9.47 Å². The molecule has 0 aromatic rings. The lowest BCUT2D eigenvalue weighted by Gasteiger charge is -2.14. The van der Waals surface area contributed by atoms with Gasteiger partial charge in [-0.3, -0.25) is 14.5 Å². The molecule has 5 nitrogen and oxygen atoms in total. The van der Waals surface area contributed by atoms with E-state index in [-0.39, 0.29) is 12.2 Å². The highest BCUT2D eigenvalue weighted by atomic mass is 16.5. The van der Waals surface area contributed by atoms with Crippen LogP contribution in [0.15, 0.2) is 0 Å². The number of likely N-dealkylation sites (tertiary alicyclic amines) is 1. The Morgan fingerprint density at radius 3 is 2.82 bits per heavy atom. The Bertz CT molecular complexity index is 267. The summed E-state index contributed by atoms with van der Waals surface area (Å²) in [5.41, 5.74) is 0. The first kappa shape index (κ1) is 14.1. The molecule has 98 valence electrons. The van der Waals surface area contributed by atoms with Crippen LogP contribution in [0.25, 0.3) is 0 Å². The normalized spacial score (nSPS) is 20.5. The second-order valence-corrected chi connectivity index (χ2v) is 4.37. The molecule has 0 bridgehead atoms. The highest BCUT2D eigenvalue weighted by molar-refractivity contribution is 5.96. The summed E-state index contributed by atoms with van der Waals surface area (Å²) in [4.78, 5) is 24.8. The molecule has 0 N–H and O–H groups in total. The van der Waals surface area contributed by atoms with Crippen molar-refractivity contribution >= 4 is 11.8 Å². The monoisotopic (exact) mass is 243 g/mol. The van der Waals surface area contributed by atoms with E-state index >= 15 is 0 Å². The van der Waals surface area contributed by atoms with Gasteiger partial charge in [0.25, 0.3) is 0 Å². The molecule has 0 aliphatic carbocycles. The van der Waals surface area contributed by atoms with E-state index in [1.165, 1.54) is 0 Å². The average molecular weight is 243 g/mol. The number of hydrogen-bond acceptors (Lipinski definition) is 5. The van der Waals surface area contributed by atoms with Gasteiger partial charge in [0.05, 0.1) is 19.8 Å². The SMILES string of the molecule is CCOC(=O)CC(=O)CN1CCC(COC)C1. The number of methoxy groups -OCH3 is 1. The lowest BCUT2D eigenvalue weighted by atomic mass is 10.1. The van der Waals surface area contributed by atoms with Crippen LogP contribution < -0.4 is 0 Å². The Morgan fingerprint density at radius 2 is 2.18 bits per heavy atom. The molecule has 1 aliphatic rings. The summed E-state index contributed by atoms with van der Waals surface area (Å²) in [6.07, 6.45) is 0.944. The molecular formula is C12H21NO4. The van der Waals surface area contributed by atoms with E-state index in [9.17, 15) is 9.59 Å². The van der Waals surface area contributed by atoms with E-state index in [0.717, 1.165) is 26.1 Å². The number of hydrogen-bond donors (Lipinski definition) is 0. The number of carbonyl (C=O) groups excluding carboxylic acids is 2. The smallest absolute Gasteiger partial charge is 0.313 e. The maximum absolute atomic E-state index is 11.6. The maximum atomic E-state index is 11.6. The molecule has 0 saturated carbocycles. The molecular weight excluding hydrogens is 222 g/mol. The van der Waals surface area contributed by atoms with Crippen LogP contribution in [0.5, 0.6) is 0 Å². The van der Waals surface area contributed by atoms with Gasteiger partial charge in [-0.1, -0.05) is 0 Å². The molecule has 0 aromatic carbocycles. The van der Waals surface area contributed by atoms with E-state index in [0.29, 0.717) is 19.1 Å². The molecule has 17 heavy (non-hydrogen) atoms. The Hall–Kier alpha value is -0.940. The second-order valence-electron chi connectivity index (χ2n) is 4.37. The minimum absolute atomic E-state index is 0.0680. The van der Waals surface area contributed by atoms with Crippen molar-refractivity contribution in [3.63, 3.8) is 0 Å². The van der Waals surface area contributed by atoms with Gasteiger partial charge in [0.2, 0.25) is 0 Å². The standard InChI is InChI=1S/C12H21NO4/c1-3-17-12(15)6-11(14)8-13-5-4-10(7-13)9-16-2/h10H,3-9H2,1-2H3. The number of carbonyl (C=O) groups is 2. The third-order valence-electron chi connectivity index (χ3n) is 2.82. The largest absolute Gasteiger partial charge is 0.466 e. The Morgan fingerprint density at radius 1 is 1.41 bits per heavy atom. The summed E-state index contributed by atoms with van der Waals surface area (Å²) >= 11 is 0. The predicted molar refractivity (Wildman–Crippen MR) is 62.7 cm³/mol. The summed E-state index contributed by atoms with van der Waals surface area (Å²) in [6.45, 7) is 4.93. The van der Waals surface area contributed by atoms with Crippen LogP contribution >= 0.6 is 0 Å². The van der Waals surface area contributed by atoms with Crippen LogP contribution in [-0.2, 0) is 19.1 Å². The average Bonchev–Trinajstić information content (AvgIpc) is 2.66. The van der Waals surface area contributed by atoms with E-state index in [1.54, 1.807) is 14.0 Å². The fraction of sp³-hybridized carbons (Fsp3) is 0.833. The van der Waals surface area contributed by atoms with Gasteiger partial charge in [0.1, 0.15) is 6.42 Å². The minimum Gasteiger partial charge on any atom is -0.466 e. The van der Waals surface area contributed by atoms with Gasteiger partial charge in [-0.2, -0.15) is 0 Å². The molecule has 1 saturated heterocycles. The van der Waals surface area contributed by atoms with Crippen molar-refractivity contribution in [3.05, 3.63) is 0 Å². The summed E-state index contributed by atoms with van der Waals surface area (Å²) in [5, 5.41) is 0. The zero-order valence-corrected chi connectivity index (χ0v) is 10.6. The lowest BCUT2D eigenvalue weighted by Crippen LogP contribution is -2.29. The van der Waals surface area contributed by atoms with Gasteiger partial charge in [-0.25, -0.2) is 0 Å². The van der Waals surface area contributed by atoms with Gasteiger partial charge < -0.3 is 9.47 Å².